The second kappa shape index (κ2) is 5.44. The SMILES string of the molecule is Cl.Clc1cccc(O[C@@H]2CCNC2)c1. The van der Waals surface area contributed by atoms with Crippen LogP contribution in [0.4, 0.5) is 0 Å². The Hall–Kier alpha value is -0.440. The third-order valence-electron chi connectivity index (χ3n) is 2.11. The molecule has 0 aliphatic carbocycles. The highest BCUT2D eigenvalue weighted by Crippen LogP contribution is 2.19. The minimum atomic E-state index is 0. The van der Waals surface area contributed by atoms with E-state index in [1.807, 2.05) is 24.3 Å². The number of halogens is 2. The van der Waals surface area contributed by atoms with Gasteiger partial charge in [-0.15, -0.1) is 12.4 Å². The monoisotopic (exact) mass is 233 g/mol. The van der Waals surface area contributed by atoms with Crippen molar-refractivity contribution in [2.24, 2.45) is 0 Å². The maximum atomic E-state index is 5.83. The lowest BCUT2D eigenvalue weighted by molar-refractivity contribution is 0.223. The molecule has 0 aromatic heterocycles. The summed E-state index contributed by atoms with van der Waals surface area (Å²) in [5.41, 5.74) is 0. The van der Waals surface area contributed by atoms with Crippen LogP contribution in [0.25, 0.3) is 0 Å². The molecule has 0 spiro atoms. The van der Waals surface area contributed by atoms with Gasteiger partial charge in [-0.25, -0.2) is 0 Å². The van der Waals surface area contributed by atoms with E-state index in [2.05, 4.69) is 5.32 Å². The van der Waals surface area contributed by atoms with E-state index in [0.717, 1.165) is 30.3 Å². The molecular weight excluding hydrogens is 221 g/mol. The first-order valence-electron chi connectivity index (χ1n) is 4.47. The molecular formula is C10H13Cl2NO. The Bertz CT molecular complexity index is 287. The van der Waals surface area contributed by atoms with Gasteiger partial charge in [-0.05, 0) is 31.2 Å². The van der Waals surface area contributed by atoms with Gasteiger partial charge in [-0.2, -0.15) is 0 Å². The van der Waals surface area contributed by atoms with Crippen LogP contribution in [-0.4, -0.2) is 19.2 Å². The van der Waals surface area contributed by atoms with Crippen molar-refractivity contribution in [2.45, 2.75) is 12.5 Å². The van der Waals surface area contributed by atoms with Crippen molar-refractivity contribution >= 4 is 24.0 Å². The summed E-state index contributed by atoms with van der Waals surface area (Å²) in [6, 6.07) is 7.53. The van der Waals surface area contributed by atoms with Gasteiger partial charge in [-0.3, -0.25) is 0 Å². The summed E-state index contributed by atoms with van der Waals surface area (Å²) < 4.78 is 5.71. The van der Waals surface area contributed by atoms with Crippen molar-refractivity contribution in [3.8, 4) is 5.75 Å². The average Bonchev–Trinajstić information content (AvgIpc) is 2.57. The van der Waals surface area contributed by atoms with Crippen LogP contribution in [-0.2, 0) is 0 Å². The quantitative estimate of drug-likeness (QED) is 0.848. The first-order chi connectivity index (χ1) is 6.34. The third-order valence-corrected chi connectivity index (χ3v) is 2.35. The van der Waals surface area contributed by atoms with E-state index < -0.39 is 0 Å². The number of benzene rings is 1. The van der Waals surface area contributed by atoms with Gasteiger partial charge in [0.15, 0.2) is 0 Å². The van der Waals surface area contributed by atoms with Gasteiger partial charge in [0.1, 0.15) is 11.9 Å². The van der Waals surface area contributed by atoms with Crippen molar-refractivity contribution in [1.82, 2.24) is 5.32 Å². The number of ether oxygens (including phenoxy) is 1. The van der Waals surface area contributed by atoms with Gasteiger partial charge in [0, 0.05) is 11.6 Å². The Labute approximate surface area is 95.0 Å². The molecule has 14 heavy (non-hydrogen) atoms. The molecule has 1 aliphatic heterocycles. The molecule has 0 radical (unpaired) electrons. The maximum Gasteiger partial charge on any atom is 0.121 e. The van der Waals surface area contributed by atoms with Crippen molar-refractivity contribution in [3.05, 3.63) is 29.3 Å². The van der Waals surface area contributed by atoms with Crippen molar-refractivity contribution in [1.29, 1.82) is 0 Å². The molecule has 78 valence electrons. The molecule has 1 N–H and O–H groups in total. The smallest absolute Gasteiger partial charge is 0.121 e. The van der Waals surface area contributed by atoms with E-state index in [1.54, 1.807) is 0 Å². The predicted octanol–water partition coefficient (Wildman–Crippen LogP) is 2.50. The minimum absolute atomic E-state index is 0. The molecule has 4 heteroatoms. The zero-order valence-electron chi connectivity index (χ0n) is 7.70. The fourth-order valence-electron chi connectivity index (χ4n) is 1.46. The molecule has 1 heterocycles. The van der Waals surface area contributed by atoms with Crippen molar-refractivity contribution in [3.63, 3.8) is 0 Å². The lowest BCUT2D eigenvalue weighted by Gasteiger charge is -2.11. The second-order valence-corrected chi connectivity index (χ2v) is 3.63. The molecule has 1 saturated heterocycles. The van der Waals surface area contributed by atoms with E-state index >= 15 is 0 Å². The molecule has 1 aromatic carbocycles. The predicted molar refractivity (Wildman–Crippen MR) is 60.6 cm³/mol. The minimum Gasteiger partial charge on any atom is -0.489 e. The van der Waals surface area contributed by atoms with Crippen molar-refractivity contribution < 1.29 is 4.74 Å². The molecule has 1 aliphatic rings. The van der Waals surface area contributed by atoms with Crippen LogP contribution in [0.2, 0.25) is 5.02 Å². The van der Waals surface area contributed by atoms with Crippen LogP contribution < -0.4 is 10.1 Å². The molecule has 2 nitrogen and oxygen atoms in total. The summed E-state index contributed by atoms with van der Waals surface area (Å²) in [5, 5.41) is 3.97. The summed E-state index contributed by atoms with van der Waals surface area (Å²) in [4.78, 5) is 0. The first kappa shape index (κ1) is 11.6. The second-order valence-electron chi connectivity index (χ2n) is 3.19. The van der Waals surface area contributed by atoms with E-state index in [-0.39, 0.29) is 12.4 Å². The largest absolute Gasteiger partial charge is 0.489 e. The number of rotatable bonds is 2. The Balaban J connectivity index is 0.000000980. The normalized spacial score (nSPS) is 20.2. The third kappa shape index (κ3) is 3.05. The van der Waals surface area contributed by atoms with E-state index in [9.17, 15) is 0 Å². The molecule has 1 fully saturated rings. The zero-order valence-corrected chi connectivity index (χ0v) is 9.27. The lowest BCUT2D eigenvalue weighted by Crippen LogP contribution is -2.19. The lowest BCUT2D eigenvalue weighted by atomic mass is 10.3. The molecule has 0 saturated carbocycles. The van der Waals surface area contributed by atoms with Crippen LogP contribution in [0.1, 0.15) is 6.42 Å². The summed E-state index contributed by atoms with van der Waals surface area (Å²) in [6.07, 6.45) is 1.38. The van der Waals surface area contributed by atoms with E-state index in [4.69, 9.17) is 16.3 Å². The van der Waals surface area contributed by atoms with Crippen LogP contribution in [0, 0.1) is 0 Å². The van der Waals surface area contributed by atoms with Crippen LogP contribution >= 0.6 is 24.0 Å². The summed E-state index contributed by atoms with van der Waals surface area (Å²) in [7, 11) is 0. The van der Waals surface area contributed by atoms with Crippen molar-refractivity contribution in [2.75, 3.05) is 13.1 Å². The average molecular weight is 234 g/mol. The van der Waals surface area contributed by atoms with E-state index in [1.165, 1.54) is 0 Å². The van der Waals surface area contributed by atoms with Crippen LogP contribution in [0.15, 0.2) is 24.3 Å². The van der Waals surface area contributed by atoms with E-state index in [0.29, 0.717) is 6.10 Å². The van der Waals surface area contributed by atoms with Crippen LogP contribution in [0.3, 0.4) is 0 Å². The number of hydrogen-bond acceptors (Lipinski definition) is 2. The Morgan fingerprint density at radius 3 is 2.93 bits per heavy atom. The summed E-state index contributed by atoms with van der Waals surface area (Å²) in [6.45, 7) is 1.98. The Kier molecular flexibility index (Phi) is 4.52. The molecule has 0 unspecified atom stereocenters. The molecule has 0 amide bonds. The highest BCUT2D eigenvalue weighted by molar-refractivity contribution is 6.30. The fraction of sp³-hybridized carbons (Fsp3) is 0.400. The van der Waals surface area contributed by atoms with Gasteiger partial charge in [0.2, 0.25) is 0 Å². The fourth-order valence-corrected chi connectivity index (χ4v) is 1.64. The molecule has 0 bridgehead atoms. The molecule has 2 rings (SSSR count). The molecule has 1 atom stereocenters. The first-order valence-corrected chi connectivity index (χ1v) is 4.85. The topological polar surface area (TPSA) is 21.3 Å². The van der Waals surface area contributed by atoms with Gasteiger partial charge in [-0.1, -0.05) is 17.7 Å². The van der Waals surface area contributed by atoms with Gasteiger partial charge in [0.25, 0.3) is 0 Å². The van der Waals surface area contributed by atoms with Gasteiger partial charge in [0.05, 0.1) is 0 Å². The highest BCUT2D eigenvalue weighted by atomic mass is 35.5. The zero-order chi connectivity index (χ0) is 9.10. The van der Waals surface area contributed by atoms with Gasteiger partial charge >= 0.3 is 0 Å². The Morgan fingerprint density at radius 2 is 2.29 bits per heavy atom. The Morgan fingerprint density at radius 1 is 1.43 bits per heavy atom. The number of hydrogen-bond donors (Lipinski definition) is 1. The number of nitrogens with one attached hydrogen (secondary N) is 1. The molecule has 1 aromatic rings. The standard InChI is InChI=1S/C10H12ClNO.ClH/c11-8-2-1-3-9(6-8)13-10-4-5-12-7-10;/h1-3,6,10,12H,4-5,7H2;1H/t10-;/m1./s1. The summed E-state index contributed by atoms with van der Waals surface area (Å²) >= 11 is 5.83. The van der Waals surface area contributed by atoms with Crippen LogP contribution in [0.5, 0.6) is 5.75 Å². The highest BCUT2D eigenvalue weighted by Gasteiger charge is 2.15. The summed E-state index contributed by atoms with van der Waals surface area (Å²) in [5.74, 6) is 0.862. The maximum absolute atomic E-state index is 5.83. The van der Waals surface area contributed by atoms with Gasteiger partial charge < -0.3 is 10.1 Å².